The van der Waals surface area contributed by atoms with Gasteiger partial charge in [0.25, 0.3) is 11.5 Å². The summed E-state index contributed by atoms with van der Waals surface area (Å²) in [5.74, 6) is -4.86. The first-order chi connectivity index (χ1) is 23.1. The summed E-state index contributed by atoms with van der Waals surface area (Å²) < 4.78 is 45.0. The van der Waals surface area contributed by atoms with E-state index in [-0.39, 0.29) is 42.7 Å². The van der Waals surface area contributed by atoms with Gasteiger partial charge in [0.05, 0.1) is 24.2 Å². The molecule has 13 heteroatoms. The van der Waals surface area contributed by atoms with Crippen LogP contribution in [0.1, 0.15) is 33.5 Å². The first-order valence-electron chi connectivity index (χ1n) is 15.1. The summed E-state index contributed by atoms with van der Waals surface area (Å²) in [5.41, 5.74) is 1.32. The third kappa shape index (κ3) is 7.25. The van der Waals surface area contributed by atoms with E-state index < -0.39 is 46.9 Å². The molecule has 1 amide bonds. The standard InChI is InChI=1S/C35H29F3N6O4/c36-26-14-23(15-27(37)17-26)13-24-16-30(34(47)43(19-24)20-25-3-1-2-4-31(25)38)32(45)18-33(46)35(48)42-11-9-41(10-12-42)28-5-7-29(8-6-28)44-22-39-21-40-44/h1-8,14-17,19,21-22H,9-13,18,20H2. The number of anilines is 1. The molecule has 1 saturated heterocycles. The van der Waals surface area contributed by atoms with E-state index in [1.54, 1.807) is 17.1 Å². The molecule has 1 aliphatic heterocycles. The van der Waals surface area contributed by atoms with Gasteiger partial charge in [0.1, 0.15) is 30.1 Å². The highest BCUT2D eigenvalue weighted by Gasteiger charge is 2.29. The lowest BCUT2D eigenvalue weighted by Crippen LogP contribution is -2.51. The number of amides is 1. The van der Waals surface area contributed by atoms with Gasteiger partial charge in [0.15, 0.2) is 5.78 Å². The predicted molar refractivity (Wildman–Crippen MR) is 169 cm³/mol. The molecule has 3 aromatic carbocycles. The van der Waals surface area contributed by atoms with Gasteiger partial charge in [0.2, 0.25) is 5.78 Å². The number of Topliss-reactive ketones (excluding diaryl/α,β-unsaturated/α-hetero) is 2. The van der Waals surface area contributed by atoms with E-state index in [0.29, 0.717) is 18.7 Å². The van der Waals surface area contributed by atoms with E-state index in [9.17, 15) is 32.3 Å². The second-order valence-electron chi connectivity index (χ2n) is 11.4. The number of pyridine rings is 1. The van der Waals surface area contributed by atoms with Crippen molar-refractivity contribution in [1.82, 2.24) is 24.2 Å². The SMILES string of the molecule is O=C(CC(=O)c1cc(Cc2cc(F)cc(F)c2)cn(Cc2ccccc2F)c1=O)C(=O)N1CCN(c2ccc(-n3cncn3)cc2)CC1. The van der Waals surface area contributed by atoms with Gasteiger partial charge < -0.3 is 14.4 Å². The fourth-order valence-corrected chi connectivity index (χ4v) is 5.69. The van der Waals surface area contributed by atoms with Gasteiger partial charge >= 0.3 is 0 Å². The number of hydrogen-bond acceptors (Lipinski definition) is 7. The first-order valence-corrected chi connectivity index (χ1v) is 15.1. The van der Waals surface area contributed by atoms with Gasteiger partial charge in [-0.3, -0.25) is 19.2 Å². The lowest BCUT2D eigenvalue weighted by Gasteiger charge is -2.35. The lowest BCUT2D eigenvalue weighted by molar-refractivity contribution is -0.144. The fraction of sp³-hybridized carbons (Fsp3) is 0.200. The number of piperazine rings is 1. The number of benzene rings is 3. The summed E-state index contributed by atoms with van der Waals surface area (Å²) in [6.45, 7) is 1.17. The number of carbonyl (C=O) groups excluding carboxylic acids is 3. The smallest absolute Gasteiger partial charge is 0.290 e. The molecular weight excluding hydrogens is 625 g/mol. The summed E-state index contributed by atoms with van der Waals surface area (Å²) in [5, 5.41) is 4.10. The van der Waals surface area contributed by atoms with Crippen molar-refractivity contribution in [2.24, 2.45) is 0 Å². The number of ketones is 2. The van der Waals surface area contributed by atoms with Crippen molar-refractivity contribution < 1.29 is 27.6 Å². The van der Waals surface area contributed by atoms with Crippen LogP contribution in [0.5, 0.6) is 0 Å². The largest absolute Gasteiger partial charge is 0.368 e. The molecule has 0 atom stereocenters. The van der Waals surface area contributed by atoms with Gasteiger partial charge in [-0.05, 0) is 66.1 Å². The van der Waals surface area contributed by atoms with Crippen LogP contribution < -0.4 is 10.5 Å². The molecule has 0 saturated carbocycles. The van der Waals surface area contributed by atoms with Crippen LogP contribution in [0.3, 0.4) is 0 Å². The van der Waals surface area contributed by atoms with Crippen molar-refractivity contribution in [3.05, 3.63) is 142 Å². The number of aromatic nitrogens is 4. The molecule has 244 valence electrons. The predicted octanol–water partition coefficient (Wildman–Crippen LogP) is 3.98. The van der Waals surface area contributed by atoms with Crippen LogP contribution >= 0.6 is 0 Å². The summed E-state index contributed by atoms with van der Waals surface area (Å²) in [4.78, 5) is 60.3. The Morgan fingerprint density at radius 1 is 0.792 bits per heavy atom. The zero-order valence-electron chi connectivity index (χ0n) is 25.6. The first kappa shape index (κ1) is 32.1. The molecule has 0 bridgehead atoms. The molecule has 48 heavy (non-hydrogen) atoms. The summed E-state index contributed by atoms with van der Waals surface area (Å²) in [6, 6.07) is 17.6. The Bertz CT molecular complexity index is 2020. The van der Waals surface area contributed by atoms with Crippen LogP contribution in [0.2, 0.25) is 0 Å². The molecule has 0 N–H and O–H groups in total. The Kier molecular flexibility index (Phi) is 9.28. The molecule has 0 radical (unpaired) electrons. The maximum Gasteiger partial charge on any atom is 0.290 e. The minimum Gasteiger partial charge on any atom is -0.368 e. The summed E-state index contributed by atoms with van der Waals surface area (Å²) >= 11 is 0. The quantitative estimate of drug-likeness (QED) is 0.127. The number of hydrogen-bond donors (Lipinski definition) is 0. The highest BCUT2D eigenvalue weighted by atomic mass is 19.1. The fourth-order valence-electron chi connectivity index (χ4n) is 5.69. The van der Waals surface area contributed by atoms with Crippen molar-refractivity contribution in [3.63, 3.8) is 0 Å². The molecule has 1 aliphatic rings. The zero-order valence-corrected chi connectivity index (χ0v) is 25.6. The average molecular weight is 655 g/mol. The number of nitrogens with zero attached hydrogens (tertiary/aromatic N) is 6. The van der Waals surface area contributed by atoms with Gasteiger partial charge in [-0.25, -0.2) is 22.8 Å². The molecule has 3 heterocycles. The normalized spacial score (nSPS) is 13.1. The third-order valence-corrected chi connectivity index (χ3v) is 8.10. The van der Waals surface area contributed by atoms with Crippen LogP contribution in [0.15, 0.2) is 96.4 Å². The molecule has 2 aromatic heterocycles. The number of halogens is 3. The molecule has 6 rings (SSSR count). The van der Waals surface area contributed by atoms with Crippen molar-refractivity contribution >= 4 is 23.2 Å². The van der Waals surface area contributed by atoms with Crippen molar-refractivity contribution in [1.29, 1.82) is 0 Å². The van der Waals surface area contributed by atoms with E-state index in [1.807, 2.05) is 24.3 Å². The Labute approximate surface area is 272 Å². The van der Waals surface area contributed by atoms with Crippen LogP contribution in [-0.4, -0.2) is 67.9 Å². The Morgan fingerprint density at radius 3 is 2.15 bits per heavy atom. The minimum atomic E-state index is -0.969. The van der Waals surface area contributed by atoms with E-state index in [4.69, 9.17) is 0 Å². The summed E-state index contributed by atoms with van der Waals surface area (Å²) in [6.07, 6.45) is 3.50. The summed E-state index contributed by atoms with van der Waals surface area (Å²) in [7, 11) is 0. The van der Waals surface area contributed by atoms with Crippen LogP contribution in [0.4, 0.5) is 18.9 Å². The molecule has 0 spiro atoms. The average Bonchev–Trinajstić information content (AvgIpc) is 3.62. The molecule has 0 aliphatic carbocycles. The van der Waals surface area contributed by atoms with E-state index in [0.717, 1.165) is 34.1 Å². The zero-order chi connectivity index (χ0) is 33.8. The molecule has 1 fully saturated rings. The van der Waals surface area contributed by atoms with Crippen molar-refractivity contribution in [3.8, 4) is 5.69 Å². The number of carbonyl (C=O) groups is 3. The van der Waals surface area contributed by atoms with Crippen molar-refractivity contribution in [2.45, 2.75) is 19.4 Å². The number of rotatable bonds is 10. The van der Waals surface area contributed by atoms with Crippen LogP contribution in [0.25, 0.3) is 5.69 Å². The van der Waals surface area contributed by atoms with Crippen LogP contribution in [-0.2, 0) is 22.6 Å². The van der Waals surface area contributed by atoms with Crippen molar-refractivity contribution in [2.75, 3.05) is 31.1 Å². The van der Waals surface area contributed by atoms with E-state index in [2.05, 4.69) is 15.0 Å². The molecule has 0 unspecified atom stereocenters. The van der Waals surface area contributed by atoms with Crippen LogP contribution in [0, 0.1) is 17.5 Å². The highest BCUT2D eigenvalue weighted by molar-refractivity contribution is 6.40. The third-order valence-electron chi connectivity index (χ3n) is 8.10. The maximum absolute atomic E-state index is 14.5. The highest BCUT2D eigenvalue weighted by Crippen LogP contribution is 2.20. The van der Waals surface area contributed by atoms with E-state index in [1.165, 1.54) is 41.7 Å². The topological polar surface area (TPSA) is 110 Å². The van der Waals surface area contributed by atoms with Gasteiger partial charge in [-0.1, -0.05) is 18.2 Å². The van der Waals surface area contributed by atoms with Gasteiger partial charge in [-0.2, -0.15) is 5.10 Å². The molecule has 5 aromatic rings. The monoisotopic (exact) mass is 654 g/mol. The van der Waals surface area contributed by atoms with Gasteiger partial charge in [-0.15, -0.1) is 0 Å². The maximum atomic E-state index is 14.5. The molecule has 10 nitrogen and oxygen atoms in total. The van der Waals surface area contributed by atoms with Gasteiger partial charge in [0, 0.05) is 49.7 Å². The second-order valence-corrected chi connectivity index (χ2v) is 11.4. The minimum absolute atomic E-state index is 0.0627. The lowest BCUT2D eigenvalue weighted by atomic mass is 10.0. The second kappa shape index (κ2) is 13.9. The van der Waals surface area contributed by atoms with E-state index >= 15 is 0 Å². The Morgan fingerprint density at radius 2 is 1.48 bits per heavy atom. The Balaban J connectivity index is 1.15. The Hall–Kier alpha value is -5.85. The molecular formula is C35H29F3N6O4.